The van der Waals surface area contributed by atoms with Crippen molar-refractivity contribution in [3.8, 4) is 0 Å². The second-order valence-corrected chi connectivity index (χ2v) is 7.50. The molecule has 5 nitrogen and oxygen atoms in total. The van der Waals surface area contributed by atoms with Crippen LogP contribution in [0, 0.1) is 11.8 Å². The molecule has 0 radical (unpaired) electrons. The van der Waals surface area contributed by atoms with E-state index in [9.17, 15) is 4.79 Å². The number of nitrogens with one attached hydrogen (secondary N) is 1. The monoisotopic (exact) mass is 413 g/mol. The Kier molecular flexibility index (Phi) is 8.26. The number of alkyl halides is 1. The second-order valence-electron chi connectivity index (χ2n) is 6.62. The van der Waals surface area contributed by atoms with Crippen LogP contribution in [0.25, 0.3) is 0 Å². The first-order valence-electron chi connectivity index (χ1n) is 7.48. The fourth-order valence-electron chi connectivity index (χ4n) is 2.62. The maximum Gasteiger partial charge on any atom is 0.407 e. The molecular weight excluding hydrogens is 385 g/mol. The van der Waals surface area contributed by atoms with Gasteiger partial charge in [-0.15, -0.1) is 0 Å². The number of carbonyl (C=O) groups excluding carboxylic acids is 1. The Balaban J connectivity index is 2.53. The summed E-state index contributed by atoms with van der Waals surface area (Å²) in [6.07, 6.45) is 2.86. The highest BCUT2D eigenvalue weighted by Crippen LogP contribution is 2.31. The van der Waals surface area contributed by atoms with Crippen molar-refractivity contribution in [2.75, 3.05) is 24.9 Å². The molecule has 1 N–H and O–H groups in total. The number of ether oxygens (including phenoxy) is 3. The average Bonchev–Trinajstić information content (AvgIpc) is 2.38. The van der Waals surface area contributed by atoms with E-state index in [1.54, 1.807) is 7.11 Å². The van der Waals surface area contributed by atoms with E-state index in [2.05, 4.69) is 27.9 Å². The van der Waals surface area contributed by atoms with Gasteiger partial charge < -0.3 is 19.5 Å². The molecule has 1 saturated carbocycles. The summed E-state index contributed by atoms with van der Waals surface area (Å²) in [6, 6.07) is 0.121. The minimum Gasteiger partial charge on any atom is -0.444 e. The minimum atomic E-state index is -0.467. The molecule has 0 heterocycles. The van der Waals surface area contributed by atoms with Gasteiger partial charge in [-0.2, -0.15) is 0 Å². The van der Waals surface area contributed by atoms with Crippen molar-refractivity contribution in [2.24, 2.45) is 11.8 Å². The SMILES string of the molecule is COCOCC1CC(CI)CCC1NC(=O)OC(C)(C)C. The molecule has 0 aromatic heterocycles. The molecule has 0 aliphatic heterocycles. The smallest absolute Gasteiger partial charge is 0.407 e. The van der Waals surface area contributed by atoms with Gasteiger partial charge >= 0.3 is 6.09 Å². The van der Waals surface area contributed by atoms with Crippen molar-refractivity contribution in [2.45, 2.75) is 51.7 Å². The molecule has 1 rings (SSSR count). The van der Waals surface area contributed by atoms with E-state index in [4.69, 9.17) is 14.2 Å². The van der Waals surface area contributed by atoms with Gasteiger partial charge in [-0.05, 0) is 46.0 Å². The molecule has 1 amide bonds. The number of halogens is 1. The summed E-state index contributed by atoms with van der Waals surface area (Å²) in [7, 11) is 1.62. The summed E-state index contributed by atoms with van der Waals surface area (Å²) in [6.45, 7) is 6.53. The number of methoxy groups -OCH3 is 1. The lowest BCUT2D eigenvalue weighted by Crippen LogP contribution is -2.47. The topological polar surface area (TPSA) is 56.8 Å². The van der Waals surface area contributed by atoms with E-state index in [0.717, 1.165) is 23.7 Å². The quantitative estimate of drug-likeness (QED) is 0.314. The highest BCUT2D eigenvalue weighted by atomic mass is 127. The first-order chi connectivity index (χ1) is 9.85. The van der Waals surface area contributed by atoms with Gasteiger partial charge in [0.2, 0.25) is 0 Å². The van der Waals surface area contributed by atoms with Gasteiger partial charge in [0.25, 0.3) is 0 Å². The lowest BCUT2D eigenvalue weighted by molar-refractivity contribution is -0.0537. The van der Waals surface area contributed by atoms with Crippen molar-refractivity contribution >= 4 is 28.7 Å². The zero-order valence-electron chi connectivity index (χ0n) is 13.5. The van der Waals surface area contributed by atoms with Crippen LogP contribution >= 0.6 is 22.6 Å². The summed E-state index contributed by atoms with van der Waals surface area (Å²) in [5.41, 5.74) is -0.467. The van der Waals surface area contributed by atoms with Crippen LogP contribution in [0.5, 0.6) is 0 Å². The summed E-state index contributed by atoms with van der Waals surface area (Å²) in [5.74, 6) is 1.03. The van der Waals surface area contributed by atoms with E-state index >= 15 is 0 Å². The standard InChI is InChI=1S/C15H28INO4/c1-15(2,3)21-14(18)17-13-6-5-11(8-16)7-12(13)9-20-10-19-4/h11-13H,5-10H2,1-4H3,(H,17,18). The predicted octanol–water partition coefficient (Wildman–Crippen LogP) is 3.35. The van der Waals surface area contributed by atoms with E-state index in [1.165, 1.54) is 0 Å². The second kappa shape index (κ2) is 9.15. The van der Waals surface area contributed by atoms with Crippen LogP contribution in [0.3, 0.4) is 0 Å². The van der Waals surface area contributed by atoms with Crippen LogP contribution in [-0.2, 0) is 14.2 Å². The number of hydrogen-bond acceptors (Lipinski definition) is 4. The van der Waals surface area contributed by atoms with Gasteiger partial charge in [0.15, 0.2) is 0 Å². The third-order valence-electron chi connectivity index (χ3n) is 3.54. The predicted molar refractivity (Wildman–Crippen MR) is 90.7 cm³/mol. The first-order valence-corrected chi connectivity index (χ1v) is 9.00. The van der Waals surface area contributed by atoms with Gasteiger partial charge in [-0.25, -0.2) is 4.79 Å². The maximum atomic E-state index is 12.0. The van der Waals surface area contributed by atoms with Gasteiger partial charge in [0.1, 0.15) is 12.4 Å². The van der Waals surface area contributed by atoms with Crippen LogP contribution in [0.1, 0.15) is 40.0 Å². The van der Waals surface area contributed by atoms with Crippen molar-refractivity contribution in [1.29, 1.82) is 0 Å². The molecule has 0 bridgehead atoms. The van der Waals surface area contributed by atoms with Gasteiger partial charge in [-0.3, -0.25) is 0 Å². The lowest BCUT2D eigenvalue weighted by atomic mass is 9.79. The Labute approximate surface area is 141 Å². The van der Waals surface area contributed by atoms with E-state index in [0.29, 0.717) is 25.2 Å². The van der Waals surface area contributed by atoms with E-state index in [-0.39, 0.29) is 12.1 Å². The van der Waals surface area contributed by atoms with Gasteiger partial charge in [0.05, 0.1) is 6.61 Å². The molecule has 1 aliphatic carbocycles. The molecule has 3 unspecified atom stereocenters. The van der Waals surface area contributed by atoms with Crippen molar-refractivity contribution in [1.82, 2.24) is 5.32 Å². The largest absolute Gasteiger partial charge is 0.444 e. The highest BCUT2D eigenvalue weighted by Gasteiger charge is 2.32. The number of rotatable bonds is 6. The van der Waals surface area contributed by atoms with E-state index < -0.39 is 5.60 Å². The minimum absolute atomic E-state index is 0.121. The van der Waals surface area contributed by atoms with Crippen LogP contribution in [0.4, 0.5) is 4.79 Å². The van der Waals surface area contributed by atoms with Gasteiger partial charge in [0, 0.05) is 23.5 Å². The molecular formula is C15H28INO4. The molecule has 3 atom stereocenters. The number of carbonyl (C=O) groups is 1. The Morgan fingerprint density at radius 2 is 2.05 bits per heavy atom. The lowest BCUT2D eigenvalue weighted by Gasteiger charge is -2.36. The zero-order chi connectivity index (χ0) is 15.9. The zero-order valence-corrected chi connectivity index (χ0v) is 15.6. The number of alkyl carbamates (subject to hydrolysis) is 1. The summed E-state index contributed by atoms with van der Waals surface area (Å²) in [5, 5.41) is 3.01. The van der Waals surface area contributed by atoms with Crippen LogP contribution in [0.15, 0.2) is 0 Å². The number of hydrogen-bond donors (Lipinski definition) is 1. The normalized spacial score (nSPS) is 26.4. The van der Waals surface area contributed by atoms with E-state index in [1.807, 2.05) is 20.8 Å². The van der Waals surface area contributed by atoms with Crippen molar-refractivity contribution in [3.05, 3.63) is 0 Å². The molecule has 0 spiro atoms. The molecule has 6 heteroatoms. The van der Waals surface area contributed by atoms with Gasteiger partial charge in [-0.1, -0.05) is 22.6 Å². The third-order valence-corrected chi connectivity index (χ3v) is 4.79. The Bertz CT molecular complexity index is 319. The Morgan fingerprint density at radius 3 is 2.62 bits per heavy atom. The van der Waals surface area contributed by atoms with Crippen molar-refractivity contribution in [3.63, 3.8) is 0 Å². The highest BCUT2D eigenvalue weighted by molar-refractivity contribution is 14.1. The molecule has 0 aromatic carbocycles. The summed E-state index contributed by atoms with van der Waals surface area (Å²) < 4.78 is 16.9. The summed E-state index contributed by atoms with van der Waals surface area (Å²) in [4.78, 5) is 12.0. The van der Waals surface area contributed by atoms with Crippen molar-refractivity contribution < 1.29 is 19.0 Å². The van der Waals surface area contributed by atoms with Crippen LogP contribution in [0.2, 0.25) is 0 Å². The Hall–Kier alpha value is -0.0800. The average molecular weight is 413 g/mol. The first kappa shape index (κ1) is 19.0. The fraction of sp³-hybridized carbons (Fsp3) is 0.933. The number of amides is 1. The molecule has 0 aromatic rings. The molecule has 0 saturated heterocycles. The fourth-order valence-corrected chi connectivity index (χ4v) is 3.42. The molecule has 1 fully saturated rings. The molecule has 1 aliphatic rings. The molecule has 124 valence electrons. The molecule has 21 heavy (non-hydrogen) atoms. The summed E-state index contributed by atoms with van der Waals surface area (Å²) >= 11 is 2.43. The Morgan fingerprint density at radius 1 is 1.33 bits per heavy atom. The van der Waals surface area contributed by atoms with Crippen LogP contribution < -0.4 is 5.32 Å². The van der Waals surface area contributed by atoms with Crippen LogP contribution in [-0.4, -0.2) is 42.7 Å². The third kappa shape index (κ3) is 7.65. The maximum absolute atomic E-state index is 12.0.